The SMILES string of the molecule is C.CC(C)(C)OC(=O)N(CC/C=C/C(=O)O)CCOc1ccc(I)cc1.CN(C)C(=O)/C=C/CCN(CCOc1ccc(I)cc1)C(=O)OC(C)(C)C. The Kier molecular flexibility index (Phi) is 23.8. The fourth-order valence-electron chi connectivity index (χ4n) is 3.83. The van der Waals surface area contributed by atoms with E-state index in [1.165, 1.54) is 22.0 Å². The van der Waals surface area contributed by atoms with Gasteiger partial charge in [-0.25, -0.2) is 14.4 Å². The predicted octanol–water partition coefficient (Wildman–Crippen LogP) is 8.52. The van der Waals surface area contributed by atoms with Gasteiger partial charge in [0.25, 0.3) is 0 Å². The van der Waals surface area contributed by atoms with Gasteiger partial charge in [0.2, 0.25) is 5.91 Å². The lowest BCUT2D eigenvalue weighted by Crippen LogP contribution is -2.39. The standard InChI is InChI=1S/C20H29IN2O4.C18H24INO5.CH4/c1-20(2,3)27-19(25)23(13-7-6-8-18(24)22(4)5)14-15-26-17-11-9-16(21)10-12-17;1-18(2,3)25-17(23)20(11-5-4-6-16(21)22)12-13-24-15-9-7-14(19)8-10-15;/h6,8-12H,7,13-15H2,1-5H3;4,6-10H,5,11-13H2,1-3H3,(H,21,22);1H4/b8-6+;6-4+;. The van der Waals surface area contributed by atoms with Crippen LogP contribution in [-0.4, -0.2) is 109 Å². The summed E-state index contributed by atoms with van der Waals surface area (Å²) in [6.45, 7) is 13.1. The number of nitrogens with zero attached hydrogens (tertiary/aromatic N) is 3. The van der Waals surface area contributed by atoms with Gasteiger partial charge in [0.1, 0.15) is 35.9 Å². The molecule has 14 heteroatoms. The number of hydrogen-bond donors (Lipinski definition) is 1. The Morgan fingerprint density at radius 3 is 1.32 bits per heavy atom. The number of halogens is 2. The number of ether oxygens (including phenoxy) is 4. The van der Waals surface area contributed by atoms with Crippen LogP contribution in [-0.2, 0) is 19.1 Å². The van der Waals surface area contributed by atoms with E-state index in [0.717, 1.165) is 24.7 Å². The number of aliphatic carboxylic acids is 1. The van der Waals surface area contributed by atoms with Gasteiger partial charge < -0.3 is 38.8 Å². The van der Waals surface area contributed by atoms with Crippen LogP contribution >= 0.6 is 45.2 Å². The number of amides is 3. The van der Waals surface area contributed by atoms with E-state index in [1.807, 2.05) is 69.3 Å². The summed E-state index contributed by atoms with van der Waals surface area (Å²) >= 11 is 4.45. The number of carbonyl (C=O) groups excluding carboxylic acids is 3. The molecule has 1 N–H and O–H groups in total. The number of carboxylic acids is 1. The van der Waals surface area contributed by atoms with Crippen LogP contribution in [0.5, 0.6) is 11.5 Å². The molecule has 0 saturated heterocycles. The normalized spacial score (nSPS) is 11.1. The first-order valence-electron chi connectivity index (χ1n) is 16.8. The Morgan fingerprint density at radius 1 is 0.642 bits per heavy atom. The minimum Gasteiger partial charge on any atom is -0.492 e. The number of carboxylic acid groups (broad SMARTS) is 1. The Morgan fingerprint density at radius 2 is 1.00 bits per heavy atom. The van der Waals surface area contributed by atoms with Crippen LogP contribution in [0.25, 0.3) is 0 Å². The fraction of sp³-hybridized carbons (Fsp3) is 0.487. The van der Waals surface area contributed by atoms with E-state index >= 15 is 0 Å². The molecular formula is C39H57I2N3O9. The molecule has 0 aromatic heterocycles. The Labute approximate surface area is 343 Å². The van der Waals surface area contributed by atoms with Crippen molar-refractivity contribution >= 4 is 69.2 Å². The van der Waals surface area contributed by atoms with Crippen molar-refractivity contribution in [1.29, 1.82) is 0 Å². The molecule has 53 heavy (non-hydrogen) atoms. The molecule has 0 saturated carbocycles. The highest BCUT2D eigenvalue weighted by Gasteiger charge is 2.23. The lowest BCUT2D eigenvalue weighted by Gasteiger charge is -2.27. The van der Waals surface area contributed by atoms with Gasteiger partial charge in [-0.2, -0.15) is 0 Å². The van der Waals surface area contributed by atoms with Crippen molar-refractivity contribution in [2.45, 2.75) is 73.0 Å². The molecule has 0 heterocycles. The third kappa shape index (κ3) is 25.2. The summed E-state index contributed by atoms with van der Waals surface area (Å²) in [5, 5.41) is 8.62. The molecule has 0 unspecified atom stereocenters. The highest BCUT2D eigenvalue weighted by atomic mass is 127. The lowest BCUT2D eigenvalue weighted by molar-refractivity contribution is -0.131. The van der Waals surface area contributed by atoms with Crippen molar-refractivity contribution in [3.05, 3.63) is 80.0 Å². The number of rotatable bonds is 16. The van der Waals surface area contributed by atoms with E-state index in [1.54, 1.807) is 45.8 Å². The van der Waals surface area contributed by atoms with Gasteiger partial charge in [-0.15, -0.1) is 0 Å². The first kappa shape index (κ1) is 49.5. The second kappa shape index (κ2) is 25.5. The van der Waals surface area contributed by atoms with Crippen LogP contribution in [0.1, 0.15) is 61.8 Å². The molecule has 0 aliphatic carbocycles. The highest BCUT2D eigenvalue weighted by molar-refractivity contribution is 14.1. The number of hydrogen-bond acceptors (Lipinski definition) is 8. The molecular weight excluding hydrogens is 908 g/mol. The zero-order chi connectivity index (χ0) is 39.3. The van der Waals surface area contributed by atoms with Gasteiger partial charge in [0.15, 0.2) is 0 Å². The molecule has 0 bridgehead atoms. The van der Waals surface area contributed by atoms with Crippen molar-refractivity contribution in [3.8, 4) is 11.5 Å². The maximum Gasteiger partial charge on any atom is 0.410 e. The summed E-state index contributed by atoms with van der Waals surface area (Å²) in [5.74, 6) is 0.401. The Hall–Kier alpha value is -3.54. The zero-order valence-electron chi connectivity index (χ0n) is 31.4. The first-order valence-corrected chi connectivity index (χ1v) is 18.9. The quantitative estimate of drug-likeness (QED) is 0.130. The van der Waals surface area contributed by atoms with Crippen molar-refractivity contribution in [3.63, 3.8) is 0 Å². The first-order chi connectivity index (χ1) is 24.3. The number of carbonyl (C=O) groups is 4. The molecule has 12 nitrogen and oxygen atoms in total. The topological polar surface area (TPSA) is 135 Å². The van der Waals surface area contributed by atoms with E-state index in [0.29, 0.717) is 52.2 Å². The third-order valence-corrected chi connectivity index (χ3v) is 7.72. The molecule has 296 valence electrons. The summed E-state index contributed by atoms with van der Waals surface area (Å²) in [6, 6.07) is 15.4. The summed E-state index contributed by atoms with van der Waals surface area (Å²) in [6.07, 6.45) is 6.00. The molecule has 0 atom stereocenters. The minimum absolute atomic E-state index is 0. The second-order valence-corrected chi connectivity index (χ2v) is 16.0. The van der Waals surface area contributed by atoms with Crippen molar-refractivity contribution in [2.24, 2.45) is 0 Å². The zero-order valence-corrected chi connectivity index (χ0v) is 35.7. The van der Waals surface area contributed by atoms with E-state index in [4.69, 9.17) is 24.1 Å². The summed E-state index contributed by atoms with van der Waals surface area (Å²) in [7, 11) is 3.39. The predicted molar refractivity (Wildman–Crippen MR) is 225 cm³/mol. The minimum atomic E-state index is -1.01. The third-order valence-electron chi connectivity index (χ3n) is 6.28. The van der Waals surface area contributed by atoms with Gasteiger partial charge in [-0.1, -0.05) is 19.6 Å². The van der Waals surface area contributed by atoms with Crippen LogP contribution in [0.15, 0.2) is 72.8 Å². The molecule has 0 aliphatic heterocycles. The molecule has 0 spiro atoms. The van der Waals surface area contributed by atoms with E-state index < -0.39 is 23.3 Å². The van der Waals surface area contributed by atoms with Gasteiger partial charge >= 0.3 is 18.2 Å². The molecule has 2 aromatic carbocycles. The van der Waals surface area contributed by atoms with E-state index in [9.17, 15) is 19.2 Å². The molecule has 2 rings (SSSR count). The van der Waals surface area contributed by atoms with Crippen molar-refractivity contribution < 1.29 is 43.2 Å². The molecule has 3 amide bonds. The molecule has 0 aliphatic rings. The van der Waals surface area contributed by atoms with Gasteiger partial charge in [-0.05, 0) is 154 Å². The Balaban J connectivity index is 0.00000100. The van der Waals surface area contributed by atoms with Gasteiger partial charge in [0, 0.05) is 40.4 Å². The van der Waals surface area contributed by atoms with Gasteiger partial charge in [0.05, 0.1) is 13.1 Å². The molecule has 0 fully saturated rings. The van der Waals surface area contributed by atoms with Crippen LogP contribution in [0.3, 0.4) is 0 Å². The van der Waals surface area contributed by atoms with Crippen molar-refractivity contribution in [1.82, 2.24) is 14.7 Å². The average Bonchev–Trinajstić information content (AvgIpc) is 3.03. The molecule has 2 aromatic rings. The van der Waals surface area contributed by atoms with Gasteiger partial charge in [-0.3, -0.25) is 4.79 Å². The van der Waals surface area contributed by atoms with Crippen molar-refractivity contribution in [2.75, 3.05) is 53.5 Å². The largest absolute Gasteiger partial charge is 0.492 e. The summed E-state index contributed by atoms with van der Waals surface area (Å²) < 4.78 is 24.5. The maximum atomic E-state index is 12.4. The Bertz CT molecular complexity index is 1450. The van der Waals surface area contributed by atoms with Crippen LogP contribution in [0.4, 0.5) is 9.59 Å². The fourth-order valence-corrected chi connectivity index (χ4v) is 4.55. The lowest BCUT2D eigenvalue weighted by atomic mass is 10.2. The monoisotopic (exact) mass is 965 g/mol. The van der Waals surface area contributed by atoms with Crippen LogP contribution < -0.4 is 9.47 Å². The van der Waals surface area contributed by atoms with Crippen LogP contribution in [0, 0.1) is 7.14 Å². The maximum absolute atomic E-state index is 12.4. The number of benzene rings is 2. The molecule has 0 radical (unpaired) electrons. The average molecular weight is 966 g/mol. The summed E-state index contributed by atoms with van der Waals surface area (Å²) in [4.78, 5) is 51.4. The van der Waals surface area contributed by atoms with Crippen LogP contribution in [0.2, 0.25) is 0 Å². The number of likely N-dealkylation sites (N-methyl/N-ethyl adjacent to an activating group) is 1. The smallest absolute Gasteiger partial charge is 0.410 e. The summed E-state index contributed by atoms with van der Waals surface area (Å²) in [5.41, 5.74) is -1.16. The van der Waals surface area contributed by atoms with E-state index in [-0.39, 0.29) is 19.4 Å². The second-order valence-electron chi connectivity index (χ2n) is 13.5. The highest BCUT2D eigenvalue weighted by Crippen LogP contribution is 2.16. The van der Waals surface area contributed by atoms with E-state index in [2.05, 4.69) is 45.2 Å².